The Labute approximate surface area is 208 Å². The van der Waals surface area contributed by atoms with Gasteiger partial charge in [0, 0.05) is 65.5 Å². The zero-order valence-corrected chi connectivity index (χ0v) is 21.7. The van der Waals surface area contributed by atoms with E-state index in [2.05, 4.69) is 32.7 Å². The number of nitrogens with zero attached hydrogens (tertiary/aromatic N) is 3. The van der Waals surface area contributed by atoms with Crippen LogP contribution in [0.3, 0.4) is 0 Å². The van der Waals surface area contributed by atoms with Crippen LogP contribution < -0.4 is 16.0 Å². The highest BCUT2D eigenvalue weighted by molar-refractivity contribution is 14.0. The van der Waals surface area contributed by atoms with Crippen molar-refractivity contribution in [2.75, 3.05) is 73.1 Å². The maximum Gasteiger partial charge on any atom is 0.251 e. The average Bonchev–Trinajstić information content (AvgIpc) is 2.79. The number of guanidine groups is 1. The van der Waals surface area contributed by atoms with Crippen LogP contribution in [0.25, 0.3) is 0 Å². The van der Waals surface area contributed by atoms with Crippen molar-refractivity contribution >= 4 is 41.8 Å². The van der Waals surface area contributed by atoms with Crippen molar-refractivity contribution in [2.24, 2.45) is 4.99 Å². The van der Waals surface area contributed by atoms with Crippen molar-refractivity contribution in [1.82, 2.24) is 25.8 Å². The van der Waals surface area contributed by atoms with E-state index in [1.165, 1.54) is 0 Å². The number of hydrogen-bond donors (Lipinski definition) is 3. The third kappa shape index (κ3) is 9.70. The van der Waals surface area contributed by atoms with Gasteiger partial charge in [-0.1, -0.05) is 12.1 Å². The minimum absolute atomic E-state index is 0. The molecule has 10 heteroatoms. The number of carbonyl (C=O) groups excluding carboxylic acids is 2. The van der Waals surface area contributed by atoms with Gasteiger partial charge < -0.3 is 25.6 Å². The lowest BCUT2D eigenvalue weighted by Gasteiger charge is -2.36. The molecule has 32 heavy (non-hydrogen) atoms. The van der Waals surface area contributed by atoms with E-state index in [9.17, 15) is 9.59 Å². The van der Waals surface area contributed by atoms with Crippen LogP contribution in [0.5, 0.6) is 0 Å². The Balaban J connectivity index is 0.00000512. The molecule has 1 aliphatic rings. The smallest absolute Gasteiger partial charge is 0.251 e. The molecule has 1 aromatic rings. The summed E-state index contributed by atoms with van der Waals surface area (Å²) in [6.45, 7) is 8.25. The Morgan fingerprint density at radius 3 is 2.56 bits per heavy atom. The third-order valence-corrected chi connectivity index (χ3v) is 5.08. The normalized spacial score (nSPS) is 14.5. The van der Waals surface area contributed by atoms with Gasteiger partial charge >= 0.3 is 0 Å². The standard InChI is InChI=1S/C22H36N6O3.HI/c1-4-24-22(26-9-8-18-6-5-7-19(16-18)21(30)23-2)28-13-11-27(12-14-28)17-20(29)25-10-15-31-3;/h5-7,16H,4,8-15,17H2,1-3H3,(H,23,30)(H,24,26)(H,25,29);1H. The van der Waals surface area contributed by atoms with Gasteiger partial charge in [0.25, 0.3) is 5.91 Å². The summed E-state index contributed by atoms with van der Waals surface area (Å²) in [5.74, 6) is 0.850. The number of amides is 2. The van der Waals surface area contributed by atoms with Gasteiger partial charge in [0.15, 0.2) is 5.96 Å². The molecule has 0 unspecified atom stereocenters. The molecule has 1 aromatic carbocycles. The van der Waals surface area contributed by atoms with Crippen LogP contribution in [-0.4, -0.2) is 101 Å². The number of halogens is 1. The van der Waals surface area contributed by atoms with E-state index in [0.29, 0.717) is 31.8 Å². The third-order valence-electron chi connectivity index (χ3n) is 5.08. The van der Waals surface area contributed by atoms with Crippen LogP contribution in [0.4, 0.5) is 0 Å². The van der Waals surface area contributed by atoms with Crippen LogP contribution in [0.1, 0.15) is 22.8 Å². The van der Waals surface area contributed by atoms with E-state index in [0.717, 1.165) is 50.7 Å². The summed E-state index contributed by atoms with van der Waals surface area (Å²) in [6.07, 6.45) is 0.765. The van der Waals surface area contributed by atoms with Crippen molar-refractivity contribution in [3.63, 3.8) is 0 Å². The molecule has 1 saturated heterocycles. The number of ether oxygens (including phenoxy) is 1. The lowest BCUT2D eigenvalue weighted by Crippen LogP contribution is -2.54. The predicted octanol–water partition coefficient (Wildman–Crippen LogP) is 0.552. The van der Waals surface area contributed by atoms with Crippen molar-refractivity contribution in [3.8, 4) is 0 Å². The molecule has 2 amide bonds. The molecule has 0 bridgehead atoms. The first-order valence-corrected chi connectivity index (χ1v) is 10.9. The van der Waals surface area contributed by atoms with Crippen LogP contribution in [0.2, 0.25) is 0 Å². The lowest BCUT2D eigenvalue weighted by molar-refractivity contribution is -0.122. The molecule has 180 valence electrons. The van der Waals surface area contributed by atoms with E-state index in [4.69, 9.17) is 9.73 Å². The molecule has 1 heterocycles. The largest absolute Gasteiger partial charge is 0.383 e. The Morgan fingerprint density at radius 1 is 1.16 bits per heavy atom. The summed E-state index contributed by atoms with van der Waals surface area (Å²) >= 11 is 0. The number of nitrogens with one attached hydrogen (secondary N) is 3. The molecule has 0 saturated carbocycles. The van der Waals surface area contributed by atoms with Gasteiger partial charge in [-0.3, -0.25) is 19.5 Å². The first-order valence-electron chi connectivity index (χ1n) is 10.9. The molecule has 0 radical (unpaired) electrons. The molecule has 0 atom stereocenters. The van der Waals surface area contributed by atoms with Gasteiger partial charge in [-0.05, 0) is 31.0 Å². The first-order chi connectivity index (χ1) is 15.1. The maximum absolute atomic E-state index is 12.0. The average molecular weight is 560 g/mol. The van der Waals surface area contributed by atoms with Crippen LogP contribution in [0.15, 0.2) is 29.3 Å². The predicted molar refractivity (Wildman–Crippen MR) is 138 cm³/mol. The molecule has 9 nitrogen and oxygen atoms in total. The monoisotopic (exact) mass is 560 g/mol. The molecule has 0 aliphatic carbocycles. The number of methoxy groups -OCH3 is 1. The summed E-state index contributed by atoms with van der Waals surface area (Å²) in [6, 6.07) is 7.65. The molecule has 1 aliphatic heterocycles. The highest BCUT2D eigenvalue weighted by Crippen LogP contribution is 2.07. The topological polar surface area (TPSA) is 98.3 Å². The van der Waals surface area contributed by atoms with E-state index >= 15 is 0 Å². The number of rotatable bonds is 10. The molecule has 2 rings (SSSR count). The molecule has 3 N–H and O–H groups in total. The molecule has 0 spiro atoms. The van der Waals surface area contributed by atoms with Crippen molar-refractivity contribution in [1.29, 1.82) is 0 Å². The van der Waals surface area contributed by atoms with E-state index in [1.54, 1.807) is 14.2 Å². The number of hydrogen-bond acceptors (Lipinski definition) is 5. The zero-order valence-electron chi connectivity index (χ0n) is 19.4. The van der Waals surface area contributed by atoms with Crippen molar-refractivity contribution < 1.29 is 14.3 Å². The van der Waals surface area contributed by atoms with Crippen LogP contribution >= 0.6 is 24.0 Å². The zero-order chi connectivity index (χ0) is 22.5. The Bertz CT molecular complexity index is 738. The second kappa shape index (κ2) is 15.8. The lowest BCUT2D eigenvalue weighted by atomic mass is 10.1. The van der Waals surface area contributed by atoms with Gasteiger partial charge in [-0.15, -0.1) is 24.0 Å². The second-order valence-electron chi connectivity index (χ2n) is 7.37. The Morgan fingerprint density at radius 2 is 1.91 bits per heavy atom. The maximum atomic E-state index is 12.0. The minimum Gasteiger partial charge on any atom is -0.383 e. The van der Waals surface area contributed by atoms with E-state index < -0.39 is 0 Å². The van der Waals surface area contributed by atoms with E-state index in [-0.39, 0.29) is 35.8 Å². The Hall–Kier alpha value is -1.92. The molecule has 1 fully saturated rings. The number of piperazine rings is 1. The van der Waals surface area contributed by atoms with Crippen molar-refractivity contribution in [2.45, 2.75) is 13.3 Å². The molecule has 0 aromatic heterocycles. The summed E-state index contributed by atoms with van der Waals surface area (Å²) in [5.41, 5.74) is 1.75. The van der Waals surface area contributed by atoms with Crippen LogP contribution in [-0.2, 0) is 16.0 Å². The Kier molecular flexibility index (Phi) is 13.9. The van der Waals surface area contributed by atoms with Crippen LogP contribution in [0, 0.1) is 0 Å². The summed E-state index contributed by atoms with van der Waals surface area (Å²) in [5, 5.41) is 8.88. The van der Waals surface area contributed by atoms with Gasteiger partial charge in [0.2, 0.25) is 5.91 Å². The quantitative estimate of drug-likeness (QED) is 0.168. The SMILES string of the molecule is CCNC(=NCCc1cccc(C(=O)NC)c1)N1CCN(CC(=O)NCCOC)CC1.I. The fourth-order valence-corrected chi connectivity index (χ4v) is 3.40. The molecular formula is C22H37IN6O3. The van der Waals surface area contributed by atoms with Gasteiger partial charge in [0.1, 0.15) is 0 Å². The summed E-state index contributed by atoms with van der Waals surface area (Å²) in [4.78, 5) is 33.0. The van der Waals surface area contributed by atoms with Gasteiger partial charge in [-0.25, -0.2) is 0 Å². The van der Waals surface area contributed by atoms with Crippen molar-refractivity contribution in [3.05, 3.63) is 35.4 Å². The summed E-state index contributed by atoms with van der Waals surface area (Å²) < 4.78 is 4.95. The first kappa shape index (κ1) is 28.1. The minimum atomic E-state index is -0.0797. The number of carbonyl (C=O) groups is 2. The molecular weight excluding hydrogens is 523 g/mol. The fraction of sp³-hybridized carbons (Fsp3) is 0.591. The summed E-state index contributed by atoms with van der Waals surface area (Å²) in [7, 11) is 3.26. The second-order valence-corrected chi connectivity index (χ2v) is 7.37. The highest BCUT2D eigenvalue weighted by atomic mass is 127. The number of aliphatic imine (C=N–C) groups is 1. The highest BCUT2D eigenvalue weighted by Gasteiger charge is 2.21. The van der Waals surface area contributed by atoms with Gasteiger partial charge in [0.05, 0.1) is 13.2 Å². The fourth-order valence-electron chi connectivity index (χ4n) is 3.40. The van der Waals surface area contributed by atoms with Gasteiger partial charge in [-0.2, -0.15) is 0 Å². The number of benzene rings is 1. The van der Waals surface area contributed by atoms with E-state index in [1.807, 2.05) is 24.3 Å².